The Morgan fingerprint density at radius 3 is 2.76 bits per heavy atom. The van der Waals surface area contributed by atoms with Gasteiger partial charge in [-0.05, 0) is 61.4 Å². The van der Waals surface area contributed by atoms with Gasteiger partial charge in [0.25, 0.3) is 11.5 Å². The summed E-state index contributed by atoms with van der Waals surface area (Å²) in [5, 5.41) is 20.9. The molecule has 3 aromatic rings. The van der Waals surface area contributed by atoms with E-state index in [0.717, 1.165) is 36.9 Å². The van der Waals surface area contributed by atoms with Gasteiger partial charge in [0.2, 0.25) is 5.88 Å². The van der Waals surface area contributed by atoms with Gasteiger partial charge in [0.05, 0.1) is 22.7 Å². The van der Waals surface area contributed by atoms with E-state index in [9.17, 15) is 20.0 Å². The first-order valence-corrected chi connectivity index (χ1v) is 13.5. The van der Waals surface area contributed by atoms with Crippen LogP contribution in [0.1, 0.15) is 84.0 Å². The Balaban J connectivity index is 1.54. The number of aryl methyl sites for hydroxylation is 1. The second kappa shape index (κ2) is 11.0. The summed E-state index contributed by atoms with van der Waals surface area (Å²) >= 11 is 5.97. The largest absolute Gasteiger partial charge is 0.493 e. The van der Waals surface area contributed by atoms with Gasteiger partial charge in [0.15, 0.2) is 5.56 Å². The minimum atomic E-state index is -0.527. The summed E-state index contributed by atoms with van der Waals surface area (Å²) in [5.41, 5.74) is 1.37. The van der Waals surface area contributed by atoms with Gasteiger partial charge in [0, 0.05) is 37.3 Å². The molecule has 5 rings (SSSR count). The molecule has 2 aromatic heterocycles. The van der Waals surface area contributed by atoms with E-state index in [2.05, 4.69) is 16.0 Å². The van der Waals surface area contributed by atoms with Crippen molar-refractivity contribution in [1.29, 1.82) is 5.26 Å². The molecule has 8 nitrogen and oxygen atoms in total. The first kappa shape index (κ1) is 25.9. The monoisotopic (exact) mass is 531 g/mol. The Bertz CT molecular complexity index is 1440. The summed E-state index contributed by atoms with van der Waals surface area (Å²) in [6, 6.07) is 12.7. The molecule has 1 aromatic carbocycles. The number of nitrogens with zero attached hydrogens (tertiary/aromatic N) is 5. The van der Waals surface area contributed by atoms with E-state index in [4.69, 9.17) is 11.6 Å². The quantitative estimate of drug-likeness (QED) is 0.445. The lowest BCUT2D eigenvalue weighted by molar-refractivity contribution is 0.0783. The molecule has 38 heavy (non-hydrogen) atoms. The van der Waals surface area contributed by atoms with Crippen molar-refractivity contribution >= 4 is 17.5 Å². The Morgan fingerprint density at radius 1 is 1.26 bits per heavy atom. The standard InChI is InChI=1S/C29H30ClN5O3/c1-2-3-7-24-33-27(36)25(28(37)34-13-12-21(17-34)23-11-10-22(30)16-32-23)29(38)35(24)26(19-8-9-19)20-6-4-5-18(14-20)15-31/h4-6,10-11,14,16,19,21,26,36H,2-3,7-9,12-13,17H2,1H3/t21-,26?/m0/s1. The highest BCUT2D eigenvalue weighted by molar-refractivity contribution is 6.30. The van der Waals surface area contributed by atoms with E-state index in [1.165, 1.54) is 0 Å². The average Bonchev–Trinajstić information content (AvgIpc) is 3.64. The second-order valence-electron chi connectivity index (χ2n) is 10.2. The van der Waals surface area contributed by atoms with E-state index < -0.39 is 17.3 Å². The van der Waals surface area contributed by atoms with E-state index in [-0.39, 0.29) is 23.4 Å². The summed E-state index contributed by atoms with van der Waals surface area (Å²) in [4.78, 5) is 38.2. The molecular weight excluding hydrogens is 502 g/mol. The molecule has 3 heterocycles. The van der Waals surface area contributed by atoms with Crippen molar-refractivity contribution in [3.05, 3.63) is 86.2 Å². The van der Waals surface area contributed by atoms with Crippen molar-refractivity contribution in [1.82, 2.24) is 19.4 Å². The topological polar surface area (TPSA) is 112 Å². The van der Waals surface area contributed by atoms with Gasteiger partial charge in [0.1, 0.15) is 5.82 Å². The molecular formula is C29H30ClN5O3. The van der Waals surface area contributed by atoms with Crippen molar-refractivity contribution in [2.45, 2.75) is 57.4 Å². The predicted molar refractivity (Wildman–Crippen MR) is 143 cm³/mol. The molecule has 1 saturated heterocycles. The number of amides is 1. The highest BCUT2D eigenvalue weighted by atomic mass is 35.5. The first-order valence-electron chi connectivity index (χ1n) is 13.2. The van der Waals surface area contributed by atoms with E-state index >= 15 is 0 Å². The molecule has 196 valence electrons. The second-order valence-corrected chi connectivity index (χ2v) is 10.6. The molecule has 1 N–H and O–H groups in total. The Hall–Kier alpha value is -3.70. The average molecular weight is 532 g/mol. The molecule has 0 bridgehead atoms. The van der Waals surface area contributed by atoms with E-state index in [0.29, 0.717) is 42.3 Å². The number of halogens is 1. The third-order valence-corrected chi connectivity index (χ3v) is 7.71. The smallest absolute Gasteiger partial charge is 0.270 e. The maximum Gasteiger partial charge on any atom is 0.270 e. The number of aromatic nitrogens is 3. The summed E-state index contributed by atoms with van der Waals surface area (Å²) in [6.07, 6.45) is 6.34. The molecule has 1 unspecified atom stereocenters. The van der Waals surface area contributed by atoms with Gasteiger partial charge in [-0.25, -0.2) is 0 Å². The lowest BCUT2D eigenvalue weighted by Gasteiger charge is -2.25. The van der Waals surface area contributed by atoms with Gasteiger partial charge in [-0.15, -0.1) is 0 Å². The summed E-state index contributed by atoms with van der Waals surface area (Å²) in [5.74, 6) is -0.355. The molecule has 9 heteroatoms. The third-order valence-electron chi connectivity index (χ3n) is 7.49. The maximum atomic E-state index is 14.1. The lowest BCUT2D eigenvalue weighted by atomic mass is 9.99. The molecule has 0 radical (unpaired) electrons. The number of aromatic hydroxyl groups is 1. The molecule has 0 spiro atoms. The number of nitriles is 1. The summed E-state index contributed by atoms with van der Waals surface area (Å²) in [6.45, 7) is 2.88. The maximum absolute atomic E-state index is 14.1. The van der Waals surface area contributed by atoms with Crippen LogP contribution in [0.2, 0.25) is 5.02 Å². The van der Waals surface area contributed by atoms with Gasteiger partial charge in [-0.1, -0.05) is 37.1 Å². The number of carbonyl (C=O) groups excluding carboxylic acids is 1. The van der Waals surface area contributed by atoms with Crippen LogP contribution in [0, 0.1) is 17.2 Å². The van der Waals surface area contributed by atoms with Crippen LogP contribution in [0.3, 0.4) is 0 Å². The fraction of sp³-hybridized carbons (Fsp3) is 0.414. The number of hydrogen-bond donors (Lipinski definition) is 1. The van der Waals surface area contributed by atoms with Crippen LogP contribution < -0.4 is 5.56 Å². The van der Waals surface area contributed by atoms with Gasteiger partial charge >= 0.3 is 0 Å². The molecule has 1 aliphatic heterocycles. The summed E-state index contributed by atoms with van der Waals surface area (Å²) in [7, 11) is 0. The van der Waals surface area contributed by atoms with Gasteiger partial charge in [-0.2, -0.15) is 10.2 Å². The van der Waals surface area contributed by atoms with E-state index in [1.54, 1.807) is 33.9 Å². The Kier molecular flexibility index (Phi) is 7.48. The number of likely N-dealkylation sites (tertiary alicyclic amines) is 1. The minimum Gasteiger partial charge on any atom is -0.493 e. The van der Waals surface area contributed by atoms with Crippen LogP contribution in [-0.4, -0.2) is 43.5 Å². The number of pyridine rings is 1. The lowest BCUT2D eigenvalue weighted by Crippen LogP contribution is -2.39. The number of hydrogen-bond acceptors (Lipinski definition) is 6. The summed E-state index contributed by atoms with van der Waals surface area (Å²) < 4.78 is 1.62. The highest BCUT2D eigenvalue weighted by Crippen LogP contribution is 2.44. The normalized spacial score (nSPS) is 17.8. The predicted octanol–water partition coefficient (Wildman–Crippen LogP) is 4.84. The fourth-order valence-corrected chi connectivity index (χ4v) is 5.47. The zero-order valence-corrected chi connectivity index (χ0v) is 22.1. The van der Waals surface area contributed by atoms with Gasteiger partial charge in [-0.3, -0.25) is 19.1 Å². The van der Waals surface area contributed by atoms with Crippen LogP contribution in [0.25, 0.3) is 0 Å². The van der Waals surface area contributed by atoms with Crippen molar-refractivity contribution in [3.8, 4) is 11.9 Å². The van der Waals surface area contributed by atoms with Crippen molar-refractivity contribution in [2.75, 3.05) is 13.1 Å². The SMILES string of the molecule is CCCCc1nc(O)c(C(=O)N2CC[C@H](c3ccc(Cl)cn3)C2)c(=O)n1C(c1cccc(C#N)c1)C1CC1. The van der Waals surface area contributed by atoms with Crippen LogP contribution in [0.15, 0.2) is 47.4 Å². The number of carbonyl (C=O) groups is 1. The first-order chi connectivity index (χ1) is 18.4. The van der Waals surface area contributed by atoms with Crippen LogP contribution in [0.4, 0.5) is 0 Å². The highest BCUT2D eigenvalue weighted by Gasteiger charge is 2.39. The number of benzene rings is 1. The van der Waals surface area contributed by atoms with Crippen LogP contribution >= 0.6 is 11.6 Å². The zero-order valence-electron chi connectivity index (χ0n) is 21.3. The van der Waals surface area contributed by atoms with Crippen LogP contribution in [-0.2, 0) is 6.42 Å². The Labute approximate surface area is 226 Å². The molecule has 2 aliphatic rings. The number of unbranched alkanes of at least 4 members (excludes halogenated alkanes) is 1. The van der Waals surface area contributed by atoms with E-state index in [1.807, 2.05) is 25.1 Å². The van der Waals surface area contributed by atoms with Crippen molar-refractivity contribution in [3.63, 3.8) is 0 Å². The Morgan fingerprint density at radius 2 is 2.08 bits per heavy atom. The fourth-order valence-electron chi connectivity index (χ4n) is 5.36. The third kappa shape index (κ3) is 5.16. The molecule has 1 saturated carbocycles. The molecule has 1 aliphatic carbocycles. The van der Waals surface area contributed by atoms with Gasteiger partial charge < -0.3 is 10.0 Å². The molecule has 2 fully saturated rings. The molecule has 1 amide bonds. The van der Waals surface area contributed by atoms with Crippen molar-refractivity contribution < 1.29 is 9.90 Å². The molecule has 2 atom stereocenters. The minimum absolute atomic E-state index is 0.0188. The van der Waals surface area contributed by atoms with Crippen molar-refractivity contribution in [2.24, 2.45) is 5.92 Å². The van der Waals surface area contributed by atoms with Crippen LogP contribution in [0.5, 0.6) is 5.88 Å². The zero-order chi connectivity index (χ0) is 26.8. The number of rotatable bonds is 8.